The van der Waals surface area contributed by atoms with Crippen LogP contribution in [-0.2, 0) is 10.0 Å². The van der Waals surface area contributed by atoms with Gasteiger partial charge in [0.15, 0.2) is 0 Å². The molecule has 2 rings (SSSR count). The zero-order valence-electron chi connectivity index (χ0n) is 11.6. The fourth-order valence-electron chi connectivity index (χ4n) is 1.76. The van der Waals surface area contributed by atoms with Gasteiger partial charge < -0.3 is 4.74 Å². The molecule has 23 heavy (non-hydrogen) atoms. The Labute approximate surface area is 142 Å². The summed E-state index contributed by atoms with van der Waals surface area (Å²) in [4.78, 5) is 9.76. The van der Waals surface area contributed by atoms with Gasteiger partial charge in [0.25, 0.3) is 15.7 Å². The van der Waals surface area contributed by atoms with E-state index in [4.69, 9.17) is 27.9 Å². The van der Waals surface area contributed by atoms with Gasteiger partial charge in [0.2, 0.25) is 0 Å². The average Bonchev–Trinajstić information content (AvgIpc) is 2.50. The Bertz CT molecular complexity index is 871. The molecule has 0 aliphatic carbocycles. The molecule has 2 aromatic carbocycles. The van der Waals surface area contributed by atoms with Crippen LogP contribution in [0.1, 0.15) is 0 Å². The molecule has 1 N–H and O–H groups in total. The molecule has 0 aliphatic rings. The Morgan fingerprint density at radius 2 is 1.87 bits per heavy atom. The van der Waals surface area contributed by atoms with Gasteiger partial charge in [-0.3, -0.25) is 14.8 Å². The van der Waals surface area contributed by atoms with Gasteiger partial charge in [-0.1, -0.05) is 23.2 Å². The van der Waals surface area contributed by atoms with E-state index in [-0.39, 0.29) is 32.1 Å². The van der Waals surface area contributed by atoms with E-state index in [2.05, 4.69) is 4.72 Å². The molecular formula is C13H10Cl2N2O5S. The molecule has 0 radical (unpaired) electrons. The van der Waals surface area contributed by atoms with Crippen LogP contribution in [0.4, 0.5) is 11.4 Å². The van der Waals surface area contributed by atoms with Gasteiger partial charge in [-0.2, -0.15) is 0 Å². The van der Waals surface area contributed by atoms with Crippen molar-refractivity contribution in [2.24, 2.45) is 0 Å². The lowest BCUT2D eigenvalue weighted by molar-refractivity contribution is -0.385. The third kappa shape index (κ3) is 3.84. The summed E-state index contributed by atoms with van der Waals surface area (Å²) in [5, 5.41) is 11.3. The minimum absolute atomic E-state index is 0.0405. The van der Waals surface area contributed by atoms with Crippen LogP contribution >= 0.6 is 23.2 Å². The largest absolute Gasteiger partial charge is 0.495 e. The van der Waals surface area contributed by atoms with Gasteiger partial charge in [0.05, 0.1) is 22.7 Å². The van der Waals surface area contributed by atoms with Crippen molar-refractivity contribution in [3.63, 3.8) is 0 Å². The molecule has 0 atom stereocenters. The van der Waals surface area contributed by atoms with E-state index < -0.39 is 14.9 Å². The standard InChI is InChI=1S/C13H10Cl2N2O5S/c1-22-12-5-3-9(17(18)19)7-13(12)23(20,21)16-11-6-8(14)2-4-10(11)15/h2-7,16H,1H3. The summed E-state index contributed by atoms with van der Waals surface area (Å²) in [6.07, 6.45) is 0. The van der Waals surface area contributed by atoms with Crippen molar-refractivity contribution < 1.29 is 18.1 Å². The lowest BCUT2D eigenvalue weighted by Crippen LogP contribution is -2.14. The van der Waals surface area contributed by atoms with Gasteiger partial charge in [-0.05, 0) is 24.3 Å². The van der Waals surface area contributed by atoms with E-state index in [1.807, 2.05) is 0 Å². The number of halogens is 2. The van der Waals surface area contributed by atoms with Crippen molar-refractivity contribution in [2.45, 2.75) is 4.90 Å². The van der Waals surface area contributed by atoms with Gasteiger partial charge >= 0.3 is 0 Å². The summed E-state index contributed by atoms with van der Waals surface area (Å²) in [6.45, 7) is 0. The van der Waals surface area contributed by atoms with E-state index in [1.165, 1.54) is 31.4 Å². The first-order valence-electron chi connectivity index (χ1n) is 6.05. The number of anilines is 1. The van der Waals surface area contributed by atoms with Crippen molar-refractivity contribution in [2.75, 3.05) is 11.8 Å². The van der Waals surface area contributed by atoms with Crippen molar-refractivity contribution in [1.29, 1.82) is 0 Å². The van der Waals surface area contributed by atoms with Gasteiger partial charge in [-0.25, -0.2) is 8.42 Å². The molecule has 0 bridgehead atoms. The van der Waals surface area contributed by atoms with Gasteiger partial charge in [-0.15, -0.1) is 0 Å². The summed E-state index contributed by atoms with van der Waals surface area (Å²) in [5.41, 5.74) is -0.337. The van der Waals surface area contributed by atoms with E-state index in [1.54, 1.807) is 0 Å². The van der Waals surface area contributed by atoms with Crippen LogP contribution in [0.15, 0.2) is 41.3 Å². The summed E-state index contributed by atoms with van der Waals surface area (Å²) in [5.74, 6) is -0.0405. The Balaban J connectivity index is 2.52. The van der Waals surface area contributed by atoms with Crippen LogP contribution in [0.25, 0.3) is 0 Å². The van der Waals surface area contributed by atoms with Gasteiger partial charge in [0.1, 0.15) is 10.6 Å². The molecule has 0 unspecified atom stereocenters. The van der Waals surface area contributed by atoms with Crippen LogP contribution in [0.3, 0.4) is 0 Å². The maximum Gasteiger partial charge on any atom is 0.271 e. The molecule has 0 heterocycles. The predicted molar refractivity (Wildman–Crippen MR) is 86.9 cm³/mol. The summed E-state index contributed by atoms with van der Waals surface area (Å²) >= 11 is 11.7. The maximum atomic E-state index is 12.5. The Hall–Kier alpha value is -2.03. The van der Waals surface area contributed by atoms with Crippen LogP contribution in [0, 0.1) is 10.1 Å². The molecule has 0 aromatic heterocycles. The van der Waals surface area contributed by atoms with Crippen molar-refractivity contribution in [3.05, 3.63) is 56.6 Å². The molecule has 7 nitrogen and oxygen atoms in total. The SMILES string of the molecule is COc1ccc([N+](=O)[O-])cc1S(=O)(=O)Nc1cc(Cl)ccc1Cl. The molecule has 10 heteroatoms. The topological polar surface area (TPSA) is 98.5 Å². The third-order valence-corrected chi connectivity index (χ3v) is 4.77. The third-order valence-electron chi connectivity index (χ3n) is 2.82. The van der Waals surface area contributed by atoms with Crippen LogP contribution in [0.5, 0.6) is 5.75 Å². The number of non-ortho nitro benzene ring substituents is 1. The summed E-state index contributed by atoms with van der Waals surface area (Å²) < 4.78 is 32.2. The summed E-state index contributed by atoms with van der Waals surface area (Å²) in [7, 11) is -2.92. The highest BCUT2D eigenvalue weighted by atomic mass is 35.5. The van der Waals surface area contributed by atoms with E-state index >= 15 is 0 Å². The number of hydrogen-bond donors (Lipinski definition) is 1. The number of methoxy groups -OCH3 is 1. The summed E-state index contributed by atoms with van der Waals surface area (Å²) in [6, 6.07) is 7.49. The first-order valence-corrected chi connectivity index (χ1v) is 8.29. The number of benzene rings is 2. The zero-order chi connectivity index (χ0) is 17.2. The lowest BCUT2D eigenvalue weighted by atomic mass is 10.3. The van der Waals surface area contributed by atoms with E-state index in [0.717, 1.165) is 12.1 Å². The molecular weight excluding hydrogens is 367 g/mol. The number of nitrogens with zero attached hydrogens (tertiary/aromatic N) is 1. The quantitative estimate of drug-likeness (QED) is 0.633. The molecule has 0 aliphatic heterocycles. The smallest absolute Gasteiger partial charge is 0.271 e. The second-order valence-corrected chi connectivity index (χ2v) is 6.82. The Kier molecular flexibility index (Phi) is 4.98. The lowest BCUT2D eigenvalue weighted by Gasteiger charge is -2.12. The van der Waals surface area contributed by atoms with Crippen molar-refractivity contribution >= 4 is 44.6 Å². The highest BCUT2D eigenvalue weighted by Gasteiger charge is 2.24. The number of hydrogen-bond acceptors (Lipinski definition) is 5. The van der Waals surface area contributed by atoms with Gasteiger partial charge in [0, 0.05) is 17.2 Å². The van der Waals surface area contributed by atoms with Crippen LogP contribution in [0.2, 0.25) is 10.0 Å². The molecule has 0 saturated heterocycles. The highest BCUT2D eigenvalue weighted by molar-refractivity contribution is 7.92. The van der Waals surface area contributed by atoms with Crippen molar-refractivity contribution in [3.8, 4) is 5.75 Å². The molecule has 0 fully saturated rings. The Morgan fingerprint density at radius 1 is 1.17 bits per heavy atom. The highest BCUT2D eigenvalue weighted by Crippen LogP contribution is 2.32. The number of nitrogens with one attached hydrogen (secondary N) is 1. The number of sulfonamides is 1. The maximum absolute atomic E-state index is 12.5. The van der Waals surface area contributed by atoms with Crippen molar-refractivity contribution in [1.82, 2.24) is 0 Å². The van der Waals surface area contributed by atoms with Crippen LogP contribution < -0.4 is 9.46 Å². The zero-order valence-corrected chi connectivity index (χ0v) is 13.9. The van der Waals surface area contributed by atoms with E-state index in [9.17, 15) is 18.5 Å². The second-order valence-electron chi connectivity index (χ2n) is 4.32. The fourth-order valence-corrected chi connectivity index (χ4v) is 3.42. The molecule has 2 aromatic rings. The Morgan fingerprint density at radius 3 is 2.48 bits per heavy atom. The second kappa shape index (κ2) is 6.61. The minimum Gasteiger partial charge on any atom is -0.495 e. The number of nitro groups is 1. The van der Waals surface area contributed by atoms with Crippen LogP contribution in [-0.4, -0.2) is 20.5 Å². The molecule has 0 amide bonds. The number of rotatable bonds is 5. The average molecular weight is 377 g/mol. The normalized spacial score (nSPS) is 11.1. The first-order chi connectivity index (χ1) is 10.7. The molecule has 0 spiro atoms. The predicted octanol–water partition coefficient (Wildman–Crippen LogP) is 3.71. The van der Waals surface area contributed by atoms with E-state index in [0.29, 0.717) is 0 Å². The number of nitro benzene ring substituents is 1. The minimum atomic E-state index is -4.17. The fraction of sp³-hybridized carbons (Fsp3) is 0.0769. The molecule has 122 valence electrons. The monoisotopic (exact) mass is 376 g/mol. The first kappa shape index (κ1) is 17.3. The molecule has 0 saturated carbocycles. The number of ether oxygens (including phenoxy) is 1.